The predicted molar refractivity (Wildman–Crippen MR) is 175 cm³/mol. The second kappa shape index (κ2) is 12.8. The molecule has 10 heteroatoms. The van der Waals surface area contributed by atoms with Crippen molar-refractivity contribution in [2.24, 2.45) is 16.9 Å². The van der Waals surface area contributed by atoms with E-state index in [0.29, 0.717) is 28.4 Å². The predicted octanol–water partition coefficient (Wildman–Crippen LogP) is 3.45. The standard InChI is InChI=1S/C17H23N4OP.C16H24N4/c1-20-17(19)15(21-8-4-5-12-10-23(12)11-21)9-14(18)13-6-2-3-7-16(13)22;1-12-18-8-14(9-19-12)13-2-4-20(5-3-13)15-6-16(7-15)10-17-11-16/h2-7,9,12,20,22H,8,10-11,18-19H2,1H3;8-9,13,15,17H,2-7,10-11H2,1H3/b14-9-,17-15-;. The number of nitrogens with zero attached hydrogens (tertiary/aromatic N) is 4. The largest absolute Gasteiger partial charge is 0.507 e. The van der Waals surface area contributed by atoms with E-state index in [1.807, 2.05) is 31.5 Å². The summed E-state index contributed by atoms with van der Waals surface area (Å²) in [6, 6.07) is 7.94. The molecule has 2 atom stereocenters. The van der Waals surface area contributed by atoms with E-state index in [1.165, 1.54) is 63.6 Å². The molecule has 5 heterocycles. The van der Waals surface area contributed by atoms with Gasteiger partial charge >= 0.3 is 0 Å². The van der Waals surface area contributed by atoms with Crippen LogP contribution in [0.3, 0.4) is 0 Å². The van der Waals surface area contributed by atoms with Gasteiger partial charge in [0, 0.05) is 68.3 Å². The zero-order valence-electron chi connectivity index (χ0n) is 25.5. The third-order valence-electron chi connectivity index (χ3n) is 9.84. The lowest BCUT2D eigenvalue weighted by atomic mass is 9.61. The molecule has 1 saturated carbocycles. The summed E-state index contributed by atoms with van der Waals surface area (Å²) in [5, 5.41) is 16.4. The zero-order chi connectivity index (χ0) is 30.0. The molecule has 0 bridgehead atoms. The smallest absolute Gasteiger partial charge is 0.125 e. The molecule has 1 aliphatic carbocycles. The maximum atomic E-state index is 9.99. The van der Waals surface area contributed by atoms with Gasteiger partial charge in [-0.25, -0.2) is 9.97 Å². The number of piperidine rings is 1. The number of aromatic nitrogens is 2. The van der Waals surface area contributed by atoms with Gasteiger partial charge in [0.2, 0.25) is 0 Å². The number of aromatic hydroxyl groups is 1. The van der Waals surface area contributed by atoms with E-state index in [-0.39, 0.29) is 13.7 Å². The first-order valence-electron chi connectivity index (χ1n) is 15.7. The molecule has 9 nitrogen and oxygen atoms in total. The van der Waals surface area contributed by atoms with Crippen LogP contribution < -0.4 is 22.1 Å². The Balaban J connectivity index is 0.000000154. The zero-order valence-corrected chi connectivity index (χ0v) is 26.4. The molecule has 7 N–H and O–H groups in total. The Morgan fingerprint density at radius 2 is 1.86 bits per heavy atom. The van der Waals surface area contributed by atoms with Crippen molar-refractivity contribution in [3.8, 4) is 5.75 Å². The van der Waals surface area contributed by atoms with Crippen molar-refractivity contribution < 1.29 is 5.11 Å². The average Bonchev–Trinajstić information content (AvgIpc) is 3.74. The third-order valence-corrected chi connectivity index (χ3v) is 12.2. The number of phenols is 1. The van der Waals surface area contributed by atoms with Crippen molar-refractivity contribution in [1.29, 1.82) is 0 Å². The number of nitrogens with two attached hydrogens (primary N) is 2. The maximum absolute atomic E-state index is 9.99. The van der Waals surface area contributed by atoms with Gasteiger partial charge in [0.15, 0.2) is 0 Å². The maximum Gasteiger partial charge on any atom is 0.125 e. The summed E-state index contributed by atoms with van der Waals surface area (Å²) in [6.45, 7) is 7.83. The van der Waals surface area contributed by atoms with E-state index in [4.69, 9.17) is 11.5 Å². The van der Waals surface area contributed by atoms with Gasteiger partial charge in [-0.15, -0.1) is 0 Å². The Labute approximate surface area is 257 Å². The fourth-order valence-corrected chi connectivity index (χ4v) is 9.17. The fraction of sp³-hybridized carbons (Fsp3) is 0.515. The van der Waals surface area contributed by atoms with Crippen molar-refractivity contribution in [3.05, 3.63) is 83.4 Å². The molecule has 7 rings (SSSR count). The lowest BCUT2D eigenvalue weighted by Gasteiger charge is -2.58. The van der Waals surface area contributed by atoms with Crippen LogP contribution in [0.15, 0.2) is 66.4 Å². The topological polar surface area (TPSA) is 129 Å². The molecular weight excluding hydrogens is 555 g/mol. The van der Waals surface area contributed by atoms with Crippen molar-refractivity contribution in [1.82, 2.24) is 30.4 Å². The summed E-state index contributed by atoms with van der Waals surface area (Å²) < 4.78 is 0. The number of hydrogen-bond acceptors (Lipinski definition) is 9. The molecule has 1 spiro atoms. The van der Waals surface area contributed by atoms with Crippen molar-refractivity contribution in [2.45, 2.75) is 50.2 Å². The number of fused-ring (bicyclic) bond motifs is 1. The van der Waals surface area contributed by atoms with E-state index in [2.05, 4.69) is 42.6 Å². The number of aryl methyl sites for hydroxylation is 1. The van der Waals surface area contributed by atoms with Crippen LogP contribution in [-0.4, -0.2) is 88.8 Å². The van der Waals surface area contributed by atoms with Gasteiger partial charge in [-0.3, -0.25) is 0 Å². The van der Waals surface area contributed by atoms with Gasteiger partial charge < -0.3 is 37.0 Å². The molecule has 1 aromatic carbocycles. The molecule has 4 aliphatic heterocycles. The van der Waals surface area contributed by atoms with Crippen LogP contribution in [0.5, 0.6) is 5.75 Å². The number of phenolic OH excluding ortho intramolecular Hbond substituents is 1. The highest BCUT2D eigenvalue weighted by Gasteiger charge is 2.50. The summed E-state index contributed by atoms with van der Waals surface area (Å²) in [5.74, 6) is 2.31. The molecule has 2 unspecified atom stereocenters. The van der Waals surface area contributed by atoms with Gasteiger partial charge in [0.25, 0.3) is 0 Å². The molecule has 0 radical (unpaired) electrons. The van der Waals surface area contributed by atoms with Gasteiger partial charge in [-0.05, 0) is 87.0 Å². The first-order chi connectivity index (χ1) is 20.8. The second-order valence-corrected chi connectivity index (χ2v) is 15.3. The van der Waals surface area contributed by atoms with Crippen LogP contribution in [0.4, 0.5) is 0 Å². The normalized spacial score (nSPS) is 25.8. The van der Waals surface area contributed by atoms with E-state index in [0.717, 1.165) is 36.1 Å². The highest BCUT2D eigenvalue weighted by Crippen LogP contribution is 2.60. The lowest BCUT2D eigenvalue weighted by Crippen LogP contribution is -2.65. The number of rotatable bonds is 6. The molecule has 5 aliphatic rings. The highest BCUT2D eigenvalue weighted by molar-refractivity contribution is 7.66. The van der Waals surface area contributed by atoms with E-state index in [9.17, 15) is 5.11 Å². The summed E-state index contributed by atoms with van der Waals surface area (Å²) >= 11 is 0. The molecule has 2 aromatic rings. The third kappa shape index (κ3) is 6.84. The molecule has 43 heavy (non-hydrogen) atoms. The Hall–Kier alpha value is -3.13. The van der Waals surface area contributed by atoms with Crippen LogP contribution >= 0.6 is 7.92 Å². The molecule has 1 aromatic heterocycles. The quantitative estimate of drug-likeness (QED) is 0.192. The van der Waals surface area contributed by atoms with Gasteiger partial charge in [-0.1, -0.05) is 32.2 Å². The molecule has 4 fully saturated rings. The summed E-state index contributed by atoms with van der Waals surface area (Å²) in [6.07, 6.45) is 18.2. The highest BCUT2D eigenvalue weighted by atomic mass is 31.1. The summed E-state index contributed by atoms with van der Waals surface area (Å²) in [7, 11) is 1.87. The van der Waals surface area contributed by atoms with Crippen molar-refractivity contribution in [2.75, 3.05) is 52.2 Å². The van der Waals surface area contributed by atoms with Crippen LogP contribution in [0.1, 0.15) is 48.6 Å². The Morgan fingerprint density at radius 1 is 1.14 bits per heavy atom. The number of allylic oxidation sites excluding steroid dienone is 2. The van der Waals surface area contributed by atoms with Gasteiger partial charge in [-0.2, -0.15) is 0 Å². The molecular formula is C33H47N8OP. The minimum atomic E-state index is 0.0636. The lowest BCUT2D eigenvalue weighted by molar-refractivity contribution is -0.0432. The first-order valence-corrected chi connectivity index (χ1v) is 17.4. The SMILES string of the molecule is CN/C(N)=C(/C=C(\N)c1ccccc1O)N1CC=CC2CP2C1.Cc1ncc(C2CCN(C3CC4(CNC4)C3)CC2)cn1. The van der Waals surface area contributed by atoms with Crippen LogP contribution in [0.2, 0.25) is 0 Å². The van der Waals surface area contributed by atoms with Crippen LogP contribution in [0, 0.1) is 12.3 Å². The van der Waals surface area contributed by atoms with Crippen LogP contribution in [-0.2, 0) is 0 Å². The number of para-hydroxylation sites is 1. The summed E-state index contributed by atoms with van der Waals surface area (Å²) in [5.41, 5.74) is 17.2. The minimum absolute atomic E-state index is 0.0636. The Kier molecular flexibility index (Phi) is 8.94. The summed E-state index contributed by atoms with van der Waals surface area (Å²) in [4.78, 5) is 13.7. The number of benzene rings is 1. The number of likely N-dealkylation sites (tertiary alicyclic amines) is 1. The average molecular weight is 603 g/mol. The monoisotopic (exact) mass is 602 g/mol. The molecule has 230 valence electrons. The fourth-order valence-electron chi connectivity index (χ4n) is 6.92. The minimum Gasteiger partial charge on any atom is -0.507 e. The molecule has 0 amide bonds. The Bertz CT molecular complexity index is 1360. The number of hydrogen-bond donors (Lipinski definition) is 5. The molecule has 3 saturated heterocycles. The van der Waals surface area contributed by atoms with Crippen LogP contribution in [0.25, 0.3) is 5.70 Å². The first kappa shape index (κ1) is 29.9. The second-order valence-electron chi connectivity index (χ2n) is 12.8. The van der Waals surface area contributed by atoms with E-state index in [1.54, 1.807) is 25.2 Å². The van der Waals surface area contributed by atoms with Gasteiger partial charge in [0.1, 0.15) is 17.4 Å². The number of nitrogens with one attached hydrogen (secondary N) is 2. The van der Waals surface area contributed by atoms with E-state index >= 15 is 0 Å². The van der Waals surface area contributed by atoms with Gasteiger partial charge in [0.05, 0.1) is 5.70 Å². The van der Waals surface area contributed by atoms with Crippen molar-refractivity contribution >= 4 is 13.6 Å². The van der Waals surface area contributed by atoms with Crippen molar-refractivity contribution in [3.63, 3.8) is 0 Å². The Morgan fingerprint density at radius 3 is 2.51 bits per heavy atom. The van der Waals surface area contributed by atoms with E-state index < -0.39 is 0 Å².